The van der Waals surface area contributed by atoms with Crippen molar-refractivity contribution in [2.75, 3.05) is 44.0 Å². The Hall–Kier alpha value is -0.300. The number of nitrogens with zero attached hydrogens (tertiary/aromatic N) is 2. The molecule has 4 nitrogen and oxygen atoms in total. The van der Waals surface area contributed by atoms with Crippen molar-refractivity contribution in [2.24, 2.45) is 0 Å². The van der Waals surface area contributed by atoms with E-state index in [0.717, 1.165) is 44.5 Å². The molecule has 1 aliphatic heterocycles. The van der Waals surface area contributed by atoms with Crippen LogP contribution in [0.3, 0.4) is 0 Å². The van der Waals surface area contributed by atoms with Crippen LogP contribution in [0, 0.1) is 0 Å². The lowest BCUT2D eigenvalue weighted by Gasteiger charge is -2.31. The van der Waals surface area contributed by atoms with E-state index in [-0.39, 0.29) is 0 Å². The number of rotatable bonds is 8. The van der Waals surface area contributed by atoms with Crippen molar-refractivity contribution in [2.45, 2.75) is 38.5 Å². The lowest BCUT2D eigenvalue weighted by atomic mass is 10.3. The third kappa shape index (κ3) is 4.84. The zero-order valence-corrected chi connectivity index (χ0v) is 15.0. The SMILES string of the molecule is CCc1nc(N2CCSC(CC)C2)sc1CNCCOC. The third-order valence-electron chi connectivity index (χ3n) is 3.74. The Balaban J connectivity index is 1.98. The smallest absolute Gasteiger partial charge is 0.185 e. The van der Waals surface area contributed by atoms with Gasteiger partial charge < -0.3 is 15.0 Å². The van der Waals surface area contributed by atoms with E-state index in [1.165, 1.54) is 27.9 Å². The van der Waals surface area contributed by atoms with Gasteiger partial charge in [0.15, 0.2) is 5.13 Å². The van der Waals surface area contributed by atoms with Crippen molar-refractivity contribution >= 4 is 28.2 Å². The second kappa shape index (κ2) is 8.98. The Morgan fingerprint density at radius 3 is 3.00 bits per heavy atom. The van der Waals surface area contributed by atoms with E-state index in [0.29, 0.717) is 0 Å². The van der Waals surface area contributed by atoms with E-state index >= 15 is 0 Å². The fourth-order valence-electron chi connectivity index (χ4n) is 2.44. The highest BCUT2D eigenvalue weighted by Crippen LogP contribution is 2.31. The zero-order chi connectivity index (χ0) is 15.1. The highest BCUT2D eigenvalue weighted by Gasteiger charge is 2.22. The molecule has 21 heavy (non-hydrogen) atoms. The molecular weight excluding hydrogens is 302 g/mol. The quantitative estimate of drug-likeness (QED) is 0.742. The summed E-state index contributed by atoms with van der Waals surface area (Å²) in [5.41, 5.74) is 1.26. The molecule has 120 valence electrons. The number of thioether (sulfide) groups is 1. The maximum Gasteiger partial charge on any atom is 0.185 e. The van der Waals surface area contributed by atoms with Crippen LogP contribution in [0.15, 0.2) is 0 Å². The summed E-state index contributed by atoms with van der Waals surface area (Å²) >= 11 is 3.97. The first-order chi connectivity index (χ1) is 10.3. The summed E-state index contributed by atoms with van der Waals surface area (Å²) in [7, 11) is 1.74. The maximum absolute atomic E-state index is 5.08. The molecule has 1 aliphatic rings. The standard InChI is InChI=1S/C15H27N3OS2/c1-4-12-11-18(7-9-20-12)15-17-13(5-2)14(21-15)10-16-6-8-19-3/h12,16H,4-11H2,1-3H3. The van der Waals surface area contributed by atoms with Crippen LogP contribution in [0.1, 0.15) is 30.8 Å². The molecule has 0 aliphatic carbocycles. The summed E-state index contributed by atoms with van der Waals surface area (Å²) in [6.07, 6.45) is 2.26. The van der Waals surface area contributed by atoms with Gasteiger partial charge in [-0.05, 0) is 12.8 Å². The first kappa shape index (κ1) is 17.1. The van der Waals surface area contributed by atoms with Gasteiger partial charge in [-0.15, -0.1) is 11.3 Å². The second-order valence-electron chi connectivity index (χ2n) is 5.24. The molecule has 1 aromatic rings. The Labute approximate surface area is 136 Å². The number of thiazole rings is 1. The van der Waals surface area contributed by atoms with Crippen molar-refractivity contribution in [3.8, 4) is 0 Å². The molecule has 1 unspecified atom stereocenters. The van der Waals surface area contributed by atoms with Crippen LogP contribution in [0.4, 0.5) is 5.13 Å². The predicted molar refractivity (Wildman–Crippen MR) is 93.8 cm³/mol. The van der Waals surface area contributed by atoms with Crippen LogP contribution >= 0.6 is 23.1 Å². The number of hydrogen-bond donors (Lipinski definition) is 1. The molecule has 0 amide bonds. The Kier molecular flexibility index (Phi) is 7.29. The molecule has 1 N–H and O–H groups in total. The summed E-state index contributed by atoms with van der Waals surface area (Å²) in [5, 5.41) is 5.41. The van der Waals surface area contributed by atoms with E-state index in [2.05, 4.69) is 35.8 Å². The number of aryl methyl sites for hydroxylation is 1. The number of anilines is 1. The summed E-state index contributed by atoms with van der Waals surface area (Å²) in [6.45, 7) is 9.32. The molecule has 2 heterocycles. The number of methoxy groups -OCH3 is 1. The molecule has 1 aromatic heterocycles. The average molecular weight is 330 g/mol. The Morgan fingerprint density at radius 1 is 1.43 bits per heavy atom. The van der Waals surface area contributed by atoms with Gasteiger partial charge in [0.1, 0.15) is 0 Å². The van der Waals surface area contributed by atoms with Gasteiger partial charge in [0.25, 0.3) is 0 Å². The van der Waals surface area contributed by atoms with Gasteiger partial charge in [0.05, 0.1) is 12.3 Å². The van der Waals surface area contributed by atoms with Crippen LogP contribution in [0.25, 0.3) is 0 Å². The van der Waals surface area contributed by atoms with Crippen LogP contribution in [0.2, 0.25) is 0 Å². The maximum atomic E-state index is 5.08. The number of ether oxygens (including phenoxy) is 1. The molecule has 1 saturated heterocycles. The lowest BCUT2D eigenvalue weighted by Crippen LogP contribution is -2.37. The second-order valence-corrected chi connectivity index (χ2v) is 7.71. The summed E-state index contributed by atoms with van der Waals surface area (Å²) in [4.78, 5) is 8.75. The fourth-order valence-corrected chi connectivity index (χ4v) is 4.77. The van der Waals surface area contributed by atoms with E-state index in [9.17, 15) is 0 Å². The highest BCUT2D eigenvalue weighted by atomic mass is 32.2. The highest BCUT2D eigenvalue weighted by molar-refractivity contribution is 8.00. The molecule has 0 saturated carbocycles. The van der Waals surface area contributed by atoms with Crippen molar-refractivity contribution in [1.29, 1.82) is 0 Å². The van der Waals surface area contributed by atoms with Crippen LogP contribution in [-0.4, -0.2) is 49.3 Å². The molecule has 0 aromatic carbocycles. The van der Waals surface area contributed by atoms with Gasteiger partial charge in [-0.1, -0.05) is 13.8 Å². The van der Waals surface area contributed by atoms with E-state index in [1.807, 2.05) is 11.3 Å². The summed E-state index contributed by atoms with van der Waals surface area (Å²) < 4.78 is 5.08. The Bertz CT molecular complexity index is 425. The predicted octanol–water partition coefficient (Wildman–Crippen LogP) is 2.77. The van der Waals surface area contributed by atoms with Gasteiger partial charge in [-0.3, -0.25) is 0 Å². The first-order valence-electron chi connectivity index (χ1n) is 7.83. The third-order valence-corrected chi connectivity index (χ3v) is 6.27. The lowest BCUT2D eigenvalue weighted by molar-refractivity contribution is 0.199. The molecule has 0 bridgehead atoms. The molecule has 2 rings (SSSR count). The number of nitrogens with one attached hydrogen (secondary N) is 1. The van der Waals surface area contributed by atoms with Gasteiger partial charge in [0.2, 0.25) is 0 Å². The van der Waals surface area contributed by atoms with Gasteiger partial charge in [-0.25, -0.2) is 4.98 Å². The first-order valence-corrected chi connectivity index (χ1v) is 9.69. The van der Waals surface area contributed by atoms with Crippen molar-refractivity contribution < 1.29 is 4.74 Å². The van der Waals surface area contributed by atoms with Gasteiger partial charge in [0, 0.05) is 49.2 Å². The molecule has 6 heteroatoms. The topological polar surface area (TPSA) is 37.4 Å². The zero-order valence-electron chi connectivity index (χ0n) is 13.4. The molecule has 1 fully saturated rings. The fraction of sp³-hybridized carbons (Fsp3) is 0.800. The molecule has 0 spiro atoms. The number of aromatic nitrogens is 1. The van der Waals surface area contributed by atoms with Crippen LogP contribution in [-0.2, 0) is 17.7 Å². The molecule has 1 atom stereocenters. The largest absolute Gasteiger partial charge is 0.383 e. The van der Waals surface area contributed by atoms with Crippen molar-refractivity contribution in [1.82, 2.24) is 10.3 Å². The van der Waals surface area contributed by atoms with Gasteiger partial charge in [-0.2, -0.15) is 11.8 Å². The monoisotopic (exact) mass is 329 g/mol. The van der Waals surface area contributed by atoms with Crippen molar-refractivity contribution in [3.05, 3.63) is 10.6 Å². The Morgan fingerprint density at radius 2 is 2.29 bits per heavy atom. The minimum Gasteiger partial charge on any atom is -0.383 e. The minimum atomic E-state index is 0.759. The van der Waals surface area contributed by atoms with Gasteiger partial charge >= 0.3 is 0 Å². The van der Waals surface area contributed by atoms with E-state index < -0.39 is 0 Å². The normalized spacial score (nSPS) is 19.2. The minimum absolute atomic E-state index is 0.759. The van der Waals surface area contributed by atoms with E-state index in [4.69, 9.17) is 9.72 Å². The summed E-state index contributed by atoms with van der Waals surface area (Å²) in [6, 6.07) is 0. The number of hydrogen-bond acceptors (Lipinski definition) is 6. The van der Waals surface area contributed by atoms with Crippen molar-refractivity contribution in [3.63, 3.8) is 0 Å². The van der Waals surface area contributed by atoms with E-state index in [1.54, 1.807) is 7.11 Å². The molecular formula is C15H27N3OS2. The van der Waals surface area contributed by atoms with Crippen LogP contribution in [0.5, 0.6) is 0 Å². The molecule has 0 radical (unpaired) electrons. The summed E-state index contributed by atoms with van der Waals surface area (Å²) in [5.74, 6) is 1.22. The average Bonchev–Trinajstić information content (AvgIpc) is 2.95. The van der Waals surface area contributed by atoms with Crippen LogP contribution < -0.4 is 10.2 Å².